The largest absolute Gasteiger partial charge is 1.00 e. The van der Waals surface area contributed by atoms with Gasteiger partial charge in [0.15, 0.2) is 11.9 Å². The highest BCUT2D eigenvalue weighted by atomic mass is 127. The minimum absolute atomic E-state index is 0. The van der Waals surface area contributed by atoms with Crippen molar-refractivity contribution in [3.8, 4) is 11.5 Å². The van der Waals surface area contributed by atoms with Crippen LogP contribution in [0.3, 0.4) is 0 Å². The summed E-state index contributed by atoms with van der Waals surface area (Å²) in [6.45, 7) is 15.9. The number of nitrogens with one attached hydrogen (secondary N) is 1. The first-order valence-electron chi connectivity index (χ1n) is 18.0. The minimum atomic E-state index is -1.29. The fraction of sp³-hybridized carbons (Fsp3) is 0.487. The molecule has 0 bridgehead atoms. The molecule has 16 heteroatoms. The molecule has 0 unspecified atom stereocenters. The number of carbonyl (C=O) groups is 1. The molecule has 6 heterocycles. The summed E-state index contributed by atoms with van der Waals surface area (Å²) in [6.07, 6.45) is 7.03. The predicted molar refractivity (Wildman–Crippen MR) is 196 cm³/mol. The number of carboxylic acid groups (broad SMARTS) is 1. The zero-order valence-electron chi connectivity index (χ0n) is 31.7. The maximum absolute atomic E-state index is 15.3. The molecule has 1 aromatic carbocycles. The molecule has 0 amide bonds. The summed E-state index contributed by atoms with van der Waals surface area (Å²) in [5.74, 6) is -0.913. The molecule has 12 nitrogen and oxygen atoms in total. The fourth-order valence-electron chi connectivity index (χ4n) is 7.08. The molecule has 2 fully saturated rings. The Bertz CT molecular complexity index is 2160. The highest BCUT2D eigenvalue weighted by Gasteiger charge is 2.34. The van der Waals surface area contributed by atoms with E-state index in [9.17, 15) is 14.7 Å². The number of rotatable bonds is 6. The van der Waals surface area contributed by atoms with Crippen LogP contribution in [0.2, 0.25) is 0 Å². The number of benzene rings is 1. The summed E-state index contributed by atoms with van der Waals surface area (Å²) in [5, 5.41) is 9.59. The second kappa shape index (κ2) is 16.7. The summed E-state index contributed by atoms with van der Waals surface area (Å²) < 4.78 is 40.5. The van der Waals surface area contributed by atoms with Gasteiger partial charge in [-0.3, -0.25) is 14.7 Å². The van der Waals surface area contributed by atoms with Gasteiger partial charge in [0, 0.05) is 108 Å². The van der Waals surface area contributed by atoms with E-state index < -0.39 is 28.8 Å². The third-order valence-electron chi connectivity index (χ3n) is 10.2. The Labute approximate surface area is 347 Å². The van der Waals surface area contributed by atoms with E-state index in [4.69, 9.17) is 30.5 Å². The van der Waals surface area contributed by atoms with E-state index in [2.05, 4.69) is 14.9 Å². The normalized spacial score (nSPS) is 18.3. The van der Waals surface area contributed by atoms with Crippen molar-refractivity contribution in [2.45, 2.75) is 97.6 Å². The van der Waals surface area contributed by atoms with Crippen molar-refractivity contribution in [2.24, 2.45) is 0 Å². The van der Waals surface area contributed by atoms with Crippen LogP contribution < -0.4 is 61.2 Å². The average molecular weight is 914 g/mol. The molecule has 0 radical (unpaired) electrons. The Kier molecular flexibility index (Phi) is 13.0. The summed E-state index contributed by atoms with van der Waals surface area (Å²) in [5.41, 5.74) is 6.09. The van der Waals surface area contributed by atoms with Crippen LogP contribution in [0.4, 0.5) is 10.1 Å². The Morgan fingerprint density at radius 2 is 1.62 bits per heavy atom. The summed E-state index contributed by atoms with van der Waals surface area (Å²) in [6, 6.07) is 3.05. The maximum Gasteiger partial charge on any atom is 0.341 e. The average Bonchev–Trinajstić information content (AvgIpc) is 3.96. The van der Waals surface area contributed by atoms with Crippen molar-refractivity contribution in [3.05, 3.63) is 86.0 Å². The lowest BCUT2D eigenvalue weighted by Crippen LogP contribution is -3.00. The van der Waals surface area contributed by atoms with E-state index in [1.54, 1.807) is 6.07 Å². The van der Waals surface area contributed by atoms with E-state index in [0.29, 0.717) is 49.9 Å². The van der Waals surface area contributed by atoms with E-state index in [-0.39, 0.29) is 53.4 Å². The van der Waals surface area contributed by atoms with Gasteiger partial charge in [0.25, 0.3) is 0 Å². The Balaban J connectivity index is 0.000000288. The first-order chi connectivity index (χ1) is 25.1. The monoisotopic (exact) mass is 912 g/mol. The van der Waals surface area contributed by atoms with Crippen LogP contribution in [-0.4, -0.2) is 63.3 Å². The zero-order valence-corrected chi connectivity index (χ0v) is 35.4. The number of aromatic carboxylic acids is 1. The van der Waals surface area contributed by atoms with Gasteiger partial charge >= 0.3 is 5.97 Å². The van der Waals surface area contributed by atoms with Crippen LogP contribution in [-0.2, 0) is 35.1 Å². The van der Waals surface area contributed by atoms with Crippen LogP contribution in [0.15, 0.2) is 35.5 Å². The first kappa shape index (κ1) is 42.9. The van der Waals surface area contributed by atoms with Gasteiger partial charge in [0.1, 0.15) is 17.1 Å². The molecule has 3 aliphatic heterocycles. The van der Waals surface area contributed by atoms with Gasteiger partial charge in [-0.2, -0.15) is 0 Å². The number of piperazine rings is 1. The molecule has 2 N–H and O–H groups in total. The number of alkyl halides is 1. The topological polar surface area (TPSA) is 130 Å². The van der Waals surface area contributed by atoms with Crippen LogP contribution in [0, 0.1) is 19.7 Å². The third kappa shape index (κ3) is 8.99. The van der Waals surface area contributed by atoms with E-state index in [1.807, 2.05) is 63.4 Å². The number of fused-ring (bicyclic) bond motifs is 3. The SMILES string of the molecule is Cc1[nH+]cc(CCl)c2c1OC(C)(C)OC2.Cc1ncc(CN2CCN(c3cc4c(cc3F)c(=O)c(C(=O)O)cn4C3CC3)CC2)c2c1OC(C)(C)OC2.[Cl-].[I-]. The van der Waals surface area contributed by atoms with Crippen LogP contribution in [0.25, 0.3) is 10.9 Å². The number of ether oxygens (including phenoxy) is 4. The Morgan fingerprint density at radius 3 is 2.22 bits per heavy atom. The number of H-pyrrole nitrogens is 1. The van der Waals surface area contributed by atoms with Crippen molar-refractivity contribution in [2.75, 3.05) is 31.1 Å². The fourth-order valence-corrected chi connectivity index (χ4v) is 7.32. The number of anilines is 1. The standard InChI is InChI=1S/C28H31FN4O5.C11H14ClNO2.ClH.HI/c1-16-26-21(15-37-28(2,3)38-26)17(12-30-16)13-31-6-8-32(9-7-31)24-11-23-19(10-22(24)29)25(34)20(27(35)36)14-33(23)18-4-5-18;1-7-10-9(8(4-12)5-13-7)6-14-11(2,3)15-10;;/h10-12,14,18H,4-9,13,15H2,1-3H3,(H,35,36);5H,4,6H2,1-3H3;2*1H/p-1. The first-order valence-corrected chi connectivity index (χ1v) is 18.5. The molecule has 0 spiro atoms. The number of aromatic amines is 1. The van der Waals surface area contributed by atoms with Gasteiger partial charge < -0.3 is 69.9 Å². The van der Waals surface area contributed by atoms with Gasteiger partial charge in [-0.1, -0.05) is 0 Å². The van der Waals surface area contributed by atoms with Crippen molar-refractivity contribution in [1.29, 1.82) is 0 Å². The highest BCUT2D eigenvalue weighted by Crippen LogP contribution is 2.39. The number of carboxylic acids is 1. The molecule has 1 saturated heterocycles. The van der Waals surface area contributed by atoms with Gasteiger partial charge in [0.05, 0.1) is 36.0 Å². The molecule has 4 aromatic rings. The number of hydrogen-bond acceptors (Lipinski definition) is 9. The molecule has 3 aromatic heterocycles. The number of nitrogens with zero attached hydrogens (tertiary/aromatic N) is 4. The summed E-state index contributed by atoms with van der Waals surface area (Å²) in [4.78, 5) is 36.4. The van der Waals surface area contributed by atoms with E-state index >= 15 is 4.39 Å². The van der Waals surface area contributed by atoms with E-state index in [1.165, 1.54) is 12.3 Å². The minimum Gasteiger partial charge on any atom is -1.00 e. The molecule has 1 saturated carbocycles. The maximum atomic E-state index is 15.3. The molecular weight excluding hydrogens is 867 g/mol. The molecule has 0 atom stereocenters. The Morgan fingerprint density at radius 1 is 1.00 bits per heavy atom. The smallest absolute Gasteiger partial charge is 0.341 e. The van der Waals surface area contributed by atoms with Gasteiger partial charge in [-0.05, 0) is 37.5 Å². The number of halogens is 4. The van der Waals surface area contributed by atoms with Crippen LogP contribution >= 0.6 is 11.6 Å². The van der Waals surface area contributed by atoms with Crippen LogP contribution in [0.5, 0.6) is 11.5 Å². The second-order valence-electron chi connectivity index (χ2n) is 15.0. The van der Waals surface area contributed by atoms with E-state index in [0.717, 1.165) is 71.1 Å². The number of aromatic nitrogens is 3. The molecule has 8 rings (SSSR count). The molecule has 1 aliphatic carbocycles. The highest BCUT2D eigenvalue weighted by molar-refractivity contribution is 6.17. The van der Waals surface area contributed by atoms with Crippen molar-refractivity contribution < 1.29 is 74.6 Å². The van der Waals surface area contributed by atoms with Crippen molar-refractivity contribution in [1.82, 2.24) is 14.5 Å². The summed E-state index contributed by atoms with van der Waals surface area (Å²) in [7, 11) is 0. The summed E-state index contributed by atoms with van der Waals surface area (Å²) >= 11 is 5.86. The molecule has 4 aliphatic rings. The quantitative estimate of drug-likeness (QED) is 0.210. The van der Waals surface area contributed by atoms with Gasteiger partial charge in [-0.15, -0.1) is 11.6 Å². The number of aryl methyl sites for hydroxylation is 2. The number of hydrogen-bond donors (Lipinski definition) is 1. The van der Waals surface area contributed by atoms with Gasteiger partial charge in [-0.25, -0.2) is 14.2 Å². The second-order valence-corrected chi connectivity index (χ2v) is 15.3. The Hall–Kier alpha value is -3.28. The van der Waals surface area contributed by atoms with Crippen molar-refractivity contribution in [3.63, 3.8) is 0 Å². The van der Waals surface area contributed by atoms with Crippen molar-refractivity contribution >= 4 is 34.2 Å². The lowest BCUT2D eigenvalue weighted by molar-refractivity contribution is -0.391. The van der Waals surface area contributed by atoms with Crippen LogP contribution in [0.1, 0.15) is 90.6 Å². The molecule has 298 valence electrons. The molecule has 55 heavy (non-hydrogen) atoms. The zero-order chi connectivity index (χ0) is 37.8. The lowest BCUT2D eigenvalue weighted by Gasteiger charge is -2.38. The van der Waals surface area contributed by atoms with Gasteiger partial charge in [0.2, 0.25) is 22.7 Å². The lowest BCUT2D eigenvalue weighted by atomic mass is 10.1. The predicted octanol–water partition coefficient (Wildman–Crippen LogP) is 0.0454. The molecular formula is C39H46Cl2FIN5O7-. The number of pyridine rings is 3. The third-order valence-corrected chi connectivity index (χ3v) is 10.5.